The molecule has 1 aromatic carbocycles. The summed E-state index contributed by atoms with van der Waals surface area (Å²) in [6.45, 7) is 10.3. The lowest BCUT2D eigenvalue weighted by molar-refractivity contribution is 0.0447. The van der Waals surface area contributed by atoms with Crippen LogP contribution in [0.3, 0.4) is 0 Å². The number of carbonyl (C=O) groups is 1. The molecule has 1 rings (SSSR count). The normalized spacial score (nSPS) is 13.2. The first-order valence-corrected chi connectivity index (χ1v) is 10.2. The maximum atomic E-state index is 13.2. The quantitative estimate of drug-likeness (QED) is 0.416. The Morgan fingerprint density at radius 1 is 1.13 bits per heavy atom. The molecule has 0 atom stereocenters. The van der Waals surface area contributed by atoms with Gasteiger partial charge in [0.2, 0.25) is 0 Å². The average Bonchev–Trinajstić information content (AvgIpc) is 2.33. The van der Waals surface area contributed by atoms with E-state index in [9.17, 15) is 9.36 Å². The van der Waals surface area contributed by atoms with Gasteiger partial charge in [0.1, 0.15) is 0 Å². The molecule has 0 aliphatic carbocycles. The second-order valence-corrected chi connectivity index (χ2v) is 9.89. The summed E-state index contributed by atoms with van der Waals surface area (Å²) in [5.41, 5.74) is -1.30. The first-order chi connectivity index (χ1) is 10.3. The van der Waals surface area contributed by atoms with Gasteiger partial charge in [-0.2, -0.15) is 0 Å². The van der Waals surface area contributed by atoms with E-state index < -0.39 is 24.3 Å². The number of benzene rings is 1. The highest BCUT2D eigenvalue weighted by molar-refractivity contribution is 9.08. The van der Waals surface area contributed by atoms with Crippen molar-refractivity contribution in [2.24, 2.45) is 0 Å². The standard InChI is InChI=1S/C16H23BrClO4P/c1-15(2,3)21-23(20,22-16(4,5)6)14(19)12-8-7-11(10-17)9-13(12)18/h7-9H,10H2,1-6H3. The van der Waals surface area contributed by atoms with Crippen molar-refractivity contribution in [2.75, 3.05) is 0 Å². The largest absolute Gasteiger partial charge is 0.402 e. The minimum Gasteiger partial charge on any atom is -0.297 e. The summed E-state index contributed by atoms with van der Waals surface area (Å²) in [4.78, 5) is 12.8. The van der Waals surface area contributed by atoms with Crippen LogP contribution >= 0.6 is 35.1 Å². The van der Waals surface area contributed by atoms with Gasteiger partial charge in [0.05, 0.1) is 16.2 Å². The Bertz CT molecular complexity index is 612. The second-order valence-electron chi connectivity index (χ2n) is 7.16. The Balaban J connectivity index is 3.31. The van der Waals surface area contributed by atoms with Gasteiger partial charge in [-0.25, -0.2) is 0 Å². The number of halogens is 2. The summed E-state index contributed by atoms with van der Waals surface area (Å²) in [5, 5.41) is 0.831. The highest BCUT2D eigenvalue weighted by atomic mass is 79.9. The smallest absolute Gasteiger partial charge is 0.297 e. The van der Waals surface area contributed by atoms with E-state index in [1.165, 1.54) is 0 Å². The second kappa shape index (κ2) is 7.37. The van der Waals surface area contributed by atoms with E-state index in [-0.39, 0.29) is 10.6 Å². The lowest BCUT2D eigenvalue weighted by Gasteiger charge is -2.31. The van der Waals surface area contributed by atoms with Gasteiger partial charge in [-0.05, 0) is 59.2 Å². The molecule has 0 unspecified atom stereocenters. The van der Waals surface area contributed by atoms with Crippen LogP contribution in [0.1, 0.15) is 57.5 Å². The highest BCUT2D eigenvalue weighted by Crippen LogP contribution is 2.57. The first-order valence-electron chi connectivity index (χ1n) is 7.18. The van der Waals surface area contributed by atoms with Crippen molar-refractivity contribution in [3.05, 3.63) is 34.3 Å². The van der Waals surface area contributed by atoms with E-state index in [0.717, 1.165) is 5.56 Å². The summed E-state index contributed by atoms with van der Waals surface area (Å²) in [6, 6.07) is 4.94. The number of hydrogen-bond donors (Lipinski definition) is 0. The fourth-order valence-corrected chi connectivity index (χ4v) is 4.62. The molecule has 0 saturated heterocycles. The van der Waals surface area contributed by atoms with Crippen molar-refractivity contribution >= 4 is 40.7 Å². The molecule has 0 saturated carbocycles. The zero-order chi connectivity index (χ0) is 18.1. The number of hydrogen-bond acceptors (Lipinski definition) is 4. The Morgan fingerprint density at radius 2 is 1.61 bits per heavy atom. The molecule has 0 heterocycles. The summed E-state index contributed by atoms with van der Waals surface area (Å²) in [6.07, 6.45) is 0. The van der Waals surface area contributed by atoms with Crippen LogP contribution in [0.15, 0.2) is 18.2 Å². The summed E-state index contributed by atoms with van der Waals surface area (Å²) in [7, 11) is -4.06. The van der Waals surface area contributed by atoms with Crippen LogP contribution in [0, 0.1) is 0 Å². The third-order valence-electron chi connectivity index (χ3n) is 2.46. The molecule has 23 heavy (non-hydrogen) atoms. The fourth-order valence-electron chi connectivity index (χ4n) is 1.79. The summed E-state index contributed by atoms with van der Waals surface area (Å²) in [5.74, 6) is 0. The Labute approximate surface area is 151 Å². The molecule has 0 amide bonds. The number of alkyl halides is 1. The SMILES string of the molecule is CC(C)(C)OP(=O)(OC(C)(C)C)C(=O)c1ccc(CBr)cc1Cl. The van der Waals surface area contributed by atoms with Crippen LogP contribution in [-0.2, 0) is 18.9 Å². The van der Waals surface area contributed by atoms with Crippen LogP contribution < -0.4 is 0 Å². The lowest BCUT2D eigenvalue weighted by Crippen LogP contribution is -2.26. The monoisotopic (exact) mass is 424 g/mol. The highest BCUT2D eigenvalue weighted by Gasteiger charge is 2.43. The molecule has 7 heteroatoms. The van der Waals surface area contributed by atoms with Crippen molar-refractivity contribution < 1.29 is 18.4 Å². The molecule has 0 aliphatic rings. The van der Waals surface area contributed by atoms with Gasteiger partial charge in [0, 0.05) is 10.9 Å². The minimum absolute atomic E-state index is 0.133. The molecule has 0 aromatic heterocycles. The van der Waals surface area contributed by atoms with Crippen molar-refractivity contribution in [2.45, 2.75) is 58.1 Å². The Kier molecular flexibility index (Phi) is 6.68. The van der Waals surface area contributed by atoms with E-state index in [0.29, 0.717) is 5.33 Å². The molecular weight excluding hydrogens is 403 g/mol. The van der Waals surface area contributed by atoms with Crippen molar-refractivity contribution in [1.82, 2.24) is 0 Å². The van der Waals surface area contributed by atoms with Gasteiger partial charge in [-0.1, -0.05) is 33.6 Å². The number of carbonyl (C=O) groups excluding carboxylic acids is 1. The topological polar surface area (TPSA) is 52.6 Å². The van der Waals surface area contributed by atoms with Crippen molar-refractivity contribution in [3.63, 3.8) is 0 Å². The average molecular weight is 426 g/mol. The van der Waals surface area contributed by atoms with Crippen molar-refractivity contribution in [1.29, 1.82) is 0 Å². The zero-order valence-electron chi connectivity index (χ0n) is 14.3. The zero-order valence-corrected chi connectivity index (χ0v) is 17.5. The van der Waals surface area contributed by atoms with Crippen LogP contribution in [0.5, 0.6) is 0 Å². The molecule has 0 N–H and O–H groups in total. The van der Waals surface area contributed by atoms with Gasteiger partial charge < -0.3 is 0 Å². The molecule has 4 nitrogen and oxygen atoms in total. The molecule has 0 aliphatic heterocycles. The molecule has 0 radical (unpaired) electrons. The fraction of sp³-hybridized carbons (Fsp3) is 0.562. The van der Waals surface area contributed by atoms with Gasteiger partial charge in [0.15, 0.2) is 0 Å². The van der Waals surface area contributed by atoms with E-state index in [4.69, 9.17) is 20.6 Å². The molecular formula is C16H23BrClO4P. The third-order valence-corrected chi connectivity index (χ3v) is 5.73. The lowest BCUT2D eigenvalue weighted by atomic mass is 10.2. The van der Waals surface area contributed by atoms with E-state index >= 15 is 0 Å². The predicted molar refractivity (Wildman–Crippen MR) is 97.7 cm³/mol. The van der Waals surface area contributed by atoms with Crippen LogP contribution in [0.25, 0.3) is 0 Å². The van der Waals surface area contributed by atoms with Crippen molar-refractivity contribution in [3.8, 4) is 0 Å². The molecule has 130 valence electrons. The molecule has 0 spiro atoms. The van der Waals surface area contributed by atoms with Gasteiger partial charge >= 0.3 is 7.60 Å². The minimum atomic E-state index is -4.06. The van der Waals surface area contributed by atoms with Gasteiger partial charge in [-0.3, -0.25) is 18.4 Å². The predicted octanol–water partition coefficient (Wildman–Crippen LogP) is 6.20. The summed E-state index contributed by atoms with van der Waals surface area (Å²) < 4.78 is 24.3. The van der Waals surface area contributed by atoms with E-state index in [1.54, 1.807) is 59.7 Å². The van der Waals surface area contributed by atoms with Gasteiger partial charge in [0.25, 0.3) is 5.52 Å². The van der Waals surface area contributed by atoms with Crippen LogP contribution in [0.4, 0.5) is 0 Å². The van der Waals surface area contributed by atoms with Crippen LogP contribution in [-0.4, -0.2) is 16.7 Å². The third kappa shape index (κ3) is 6.32. The first kappa shape index (κ1) is 20.9. The summed E-state index contributed by atoms with van der Waals surface area (Å²) >= 11 is 9.50. The van der Waals surface area contributed by atoms with Gasteiger partial charge in [-0.15, -0.1) is 0 Å². The Morgan fingerprint density at radius 3 is 1.96 bits per heavy atom. The molecule has 0 fully saturated rings. The van der Waals surface area contributed by atoms with Crippen LogP contribution in [0.2, 0.25) is 5.02 Å². The maximum Gasteiger partial charge on any atom is 0.402 e. The van der Waals surface area contributed by atoms with E-state index in [2.05, 4.69) is 15.9 Å². The Hall–Kier alpha value is -0.190. The molecule has 0 bridgehead atoms. The maximum absolute atomic E-state index is 13.2. The van der Waals surface area contributed by atoms with E-state index in [1.807, 2.05) is 0 Å². The number of rotatable bonds is 5. The molecule has 1 aromatic rings.